The Morgan fingerprint density at radius 1 is 1.24 bits per heavy atom. The van der Waals surface area contributed by atoms with Crippen LogP contribution in [0.3, 0.4) is 0 Å². The highest BCUT2D eigenvalue weighted by atomic mass is 15.1. The van der Waals surface area contributed by atoms with Crippen LogP contribution in [0.4, 0.5) is 0 Å². The first-order chi connectivity index (χ1) is 10.3. The molecule has 0 radical (unpaired) electrons. The summed E-state index contributed by atoms with van der Waals surface area (Å²) >= 11 is 0. The van der Waals surface area contributed by atoms with E-state index < -0.39 is 0 Å². The average molecular weight is 283 g/mol. The van der Waals surface area contributed by atoms with Crippen molar-refractivity contribution in [1.29, 1.82) is 0 Å². The number of imidazole rings is 1. The molecule has 2 aromatic rings. The van der Waals surface area contributed by atoms with Crippen LogP contribution < -0.4 is 5.32 Å². The molecule has 3 heteroatoms. The van der Waals surface area contributed by atoms with Crippen LogP contribution in [0.2, 0.25) is 0 Å². The van der Waals surface area contributed by atoms with Crippen molar-refractivity contribution >= 4 is 0 Å². The molecule has 0 saturated heterocycles. The summed E-state index contributed by atoms with van der Waals surface area (Å²) in [6, 6.07) is 11.2. The minimum absolute atomic E-state index is 0.230. The Hall–Kier alpha value is -1.61. The van der Waals surface area contributed by atoms with Crippen molar-refractivity contribution in [2.75, 3.05) is 6.54 Å². The van der Waals surface area contributed by atoms with Gasteiger partial charge in [0.15, 0.2) is 0 Å². The van der Waals surface area contributed by atoms with E-state index in [4.69, 9.17) is 0 Å². The molecule has 1 fully saturated rings. The Bertz CT molecular complexity index is 569. The third kappa shape index (κ3) is 2.62. The SMILES string of the molecule is CCCn1ccnc1C(NCC)C1(c2ccccc2)CC1. The maximum Gasteiger partial charge on any atom is 0.126 e. The molecule has 3 rings (SSSR count). The highest BCUT2D eigenvalue weighted by Gasteiger charge is 2.52. The van der Waals surface area contributed by atoms with Crippen LogP contribution in [0, 0.1) is 0 Å². The Labute approximate surface area is 127 Å². The molecule has 0 spiro atoms. The van der Waals surface area contributed by atoms with Crippen molar-refractivity contribution in [3.05, 3.63) is 54.1 Å². The van der Waals surface area contributed by atoms with E-state index in [1.807, 2.05) is 6.20 Å². The van der Waals surface area contributed by atoms with E-state index in [2.05, 4.69) is 65.2 Å². The van der Waals surface area contributed by atoms with E-state index in [-0.39, 0.29) is 5.41 Å². The van der Waals surface area contributed by atoms with E-state index in [0.717, 1.165) is 19.5 Å². The zero-order valence-corrected chi connectivity index (χ0v) is 13.0. The zero-order valence-electron chi connectivity index (χ0n) is 13.0. The lowest BCUT2D eigenvalue weighted by Gasteiger charge is -2.28. The molecule has 3 nitrogen and oxygen atoms in total. The monoisotopic (exact) mass is 283 g/mol. The summed E-state index contributed by atoms with van der Waals surface area (Å²) in [7, 11) is 0. The molecule has 1 aliphatic carbocycles. The van der Waals surface area contributed by atoms with Gasteiger partial charge < -0.3 is 9.88 Å². The lowest BCUT2D eigenvalue weighted by atomic mass is 9.87. The second-order valence-electron chi connectivity index (χ2n) is 5.99. The van der Waals surface area contributed by atoms with Gasteiger partial charge in [-0.25, -0.2) is 4.98 Å². The molecule has 1 unspecified atom stereocenters. The molecule has 1 aromatic heterocycles. The van der Waals surface area contributed by atoms with Gasteiger partial charge in [-0.15, -0.1) is 0 Å². The predicted octanol–water partition coefficient (Wildman–Crippen LogP) is 3.68. The fraction of sp³-hybridized carbons (Fsp3) is 0.500. The summed E-state index contributed by atoms with van der Waals surface area (Å²) in [6.07, 6.45) is 7.68. The molecule has 112 valence electrons. The minimum Gasteiger partial charge on any atom is -0.334 e. The van der Waals surface area contributed by atoms with Gasteiger partial charge in [-0.3, -0.25) is 0 Å². The number of aromatic nitrogens is 2. The highest BCUT2D eigenvalue weighted by Crippen LogP contribution is 2.56. The van der Waals surface area contributed by atoms with Crippen molar-refractivity contribution < 1.29 is 0 Å². The normalized spacial score (nSPS) is 17.6. The van der Waals surface area contributed by atoms with Gasteiger partial charge in [0.1, 0.15) is 5.82 Å². The Balaban J connectivity index is 1.97. The number of hydrogen-bond donors (Lipinski definition) is 1. The molecule has 1 aromatic carbocycles. The molecular weight excluding hydrogens is 258 g/mol. The van der Waals surface area contributed by atoms with E-state index >= 15 is 0 Å². The van der Waals surface area contributed by atoms with Gasteiger partial charge in [-0.2, -0.15) is 0 Å². The number of nitrogens with zero attached hydrogens (tertiary/aromatic N) is 2. The van der Waals surface area contributed by atoms with Crippen LogP contribution in [0.1, 0.15) is 50.5 Å². The van der Waals surface area contributed by atoms with E-state index in [9.17, 15) is 0 Å². The smallest absolute Gasteiger partial charge is 0.126 e. The first-order valence-corrected chi connectivity index (χ1v) is 8.11. The van der Waals surface area contributed by atoms with Crippen LogP contribution in [0.25, 0.3) is 0 Å². The van der Waals surface area contributed by atoms with E-state index in [0.29, 0.717) is 6.04 Å². The van der Waals surface area contributed by atoms with Gasteiger partial charge >= 0.3 is 0 Å². The van der Waals surface area contributed by atoms with Gasteiger partial charge in [0, 0.05) is 24.4 Å². The standard InChI is InChI=1S/C18H25N3/c1-3-13-21-14-12-20-17(21)16(19-4-2)18(10-11-18)15-8-6-5-7-9-15/h5-9,12,14,16,19H,3-4,10-11,13H2,1-2H3. The second kappa shape index (κ2) is 6.02. The molecular formula is C18H25N3. The average Bonchev–Trinajstić information content (AvgIpc) is 3.20. The third-order valence-electron chi connectivity index (χ3n) is 4.57. The zero-order chi connectivity index (χ0) is 14.7. The molecule has 0 aliphatic heterocycles. The van der Waals surface area contributed by atoms with Gasteiger partial charge in [0.25, 0.3) is 0 Å². The van der Waals surface area contributed by atoms with Crippen LogP contribution >= 0.6 is 0 Å². The Morgan fingerprint density at radius 2 is 2.00 bits per heavy atom. The van der Waals surface area contributed by atoms with Crippen molar-refractivity contribution in [3.8, 4) is 0 Å². The summed E-state index contributed by atoms with van der Waals surface area (Å²) in [5.74, 6) is 1.19. The molecule has 21 heavy (non-hydrogen) atoms. The van der Waals surface area contributed by atoms with Gasteiger partial charge in [-0.05, 0) is 31.4 Å². The summed E-state index contributed by atoms with van der Waals surface area (Å²) in [5.41, 5.74) is 1.68. The first-order valence-electron chi connectivity index (χ1n) is 8.11. The summed E-state index contributed by atoms with van der Waals surface area (Å²) in [5, 5.41) is 3.70. The number of benzene rings is 1. The van der Waals surface area contributed by atoms with Crippen LogP contribution in [0.15, 0.2) is 42.7 Å². The highest BCUT2D eigenvalue weighted by molar-refractivity contribution is 5.35. The van der Waals surface area contributed by atoms with Crippen LogP contribution in [-0.4, -0.2) is 16.1 Å². The first kappa shape index (κ1) is 14.3. The number of likely N-dealkylation sites (N-methyl/N-ethyl adjacent to an activating group) is 1. The predicted molar refractivity (Wildman–Crippen MR) is 86.3 cm³/mol. The maximum absolute atomic E-state index is 4.69. The molecule has 1 atom stereocenters. The summed E-state index contributed by atoms with van der Waals surface area (Å²) in [4.78, 5) is 4.69. The Kier molecular flexibility index (Phi) is 4.11. The van der Waals surface area contributed by atoms with Gasteiger partial charge in [0.2, 0.25) is 0 Å². The van der Waals surface area contributed by atoms with Crippen molar-refractivity contribution in [2.24, 2.45) is 0 Å². The molecule has 1 N–H and O–H groups in total. The van der Waals surface area contributed by atoms with Crippen molar-refractivity contribution in [3.63, 3.8) is 0 Å². The largest absolute Gasteiger partial charge is 0.334 e. The third-order valence-corrected chi connectivity index (χ3v) is 4.57. The summed E-state index contributed by atoms with van der Waals surface area (Å²) < 4.78 is 2.32. The maximum atomic E-state index is 4.69. The van der Waals surface area contributed by atoms with Crippen LogP contribution in [0.5, 0.6) is 0 Å². The molecule has 0 amide bonds. The number of hydrogen-bond acceptors (Lipinski definition) is 2. The second-order valence-corrected chi connectivity index (χ2v) is 5.99. The van der Waals surface area contributed by atoms with Gasteiger partial charge in [-0.1, -0.05) is 44.2 Å². The van der Waals surface area contributed by atoms with E-state index in [1.165, 1.54) is 24.2 Å². The fourth-order valence-corrected chi connectivity index (χ4v) is 3.40. The lowest BCUT2D eigenvalue weighted by Crippen LogP contribution is -2.34. The molecule has 1 aliphatic rings. The van der Waals surface area contributed by atoms with Crippen LogP contribution in [-0.2, 0) is 12.0 Å². The Morgan fingerprint density at radius 3 is 2.62 bits per heavy atom. The summed E-state index contributed by atoms with van der Waals surface area (Å²) in [6.45, 7) is 6.41. The minimum atomic E-state index is 0.230. The quantitative estimate of drug-likeness (QED) is 0.840. The molecule has 0 bridgehead atoms. The number of rotatable bonds is 7. The number of nitrogens with one attached hydrogen (secondary N) is 1. The fourth-order valence-electron chi connectivity index (χ4n) is 3.40. The van der Waals surface area contributed by atoms with Crippen molar-refractivity contribution in [1.82, 2.24) is 14.9 Å². The molecule has 1 heterocycles. The van der Waals surface area contributed by atoms with Gasteiger partial charge in [0.05, 0.1) is 6.04 Å². The lowest BCUT2D eigenvalue weighted by molar-refractivity contribution is 0.402. The van der Waals surface area contributed by atoms with Crippen molar-refractivity contribution in [2.45, 2.75) is 51.1 Å². The number of aryl methyl sites for hydroxylation is 1. The molecule has 1 saturated carbocycles. The topological polar surface area (TPSA) is 29.9 Å². The van der Waals surface area contributed by atoms with E-state index in [1.54, 1.807) is 0 Å².